The van der Waals surface area contributed by atoms with Crippen LogP contribution in [-0.4, -0.2) is 54.2 Å². The van der Waals surface area contributed by atoms with E-state index in [4.69, 9.17) is 17.3 Å². The van der Waals surface area contributed by atoms with Crippen LogP contribution in [0.15, 0.2) is 26.2 Å². The van der Waals surface area contributed by atoms with E-state index in [0.29, 0.717) is 27.2 Å². The van der Waals surface area contributed by atoms with Gasteiger partial charge in [0.1, 0.15) is 16.8 Å². The van der Waals surface area contributed by atoms with E-state index in [0.717, 1.165) is 28.2 Å². The molecule has 16 heteroatoms. The number of carbonyl (C=O) groups is 3. The number of thiazole rings is 1. The third-order valence-corrected chi connectivity index (χ3v) is 7.38. The number of anilines is 1. The second kappa shape index (κ2) is 8.49. The summed E-state index contributed by atoms with van der Waals surface area (Å²) < 4.78 is 4.12. The number of nitrogen functional groups attached to an aromatic ring is 1. The van der Waals surface area contributed by atoms with E-state index in [1.807, 2.05) is 0 Å². The molecular weight excluding hydrogens is 490 g/mol. The molecule has 0 aliphatic carbocycles. The van der Waals surface area contributed by atoms with Gasteiger partial charge in [0.15, 0.2) is 15.4 Å². The maximum absolute atomic E-state index is 12.7. The molecule has 12 nitrogen and oxygen atoms in total. The molecule has 162 valence electrons. The van der Waals surface area contributed by atoms with Gasteiger partial charge in [-0.3, -0.25) is 14.5 Å². The SMILES string of the molecule is Nc1nc(C(N=O)C(=O)NC2C(=O)N3C(C(=O)O)=C(Sc4csc(Cl)n4)CCC23)ns1. The molecule has 2 aromatic rings. The molecule has 0 spiro atoms. The number of fused-ring (bicyclic) bond motifs is 1. The Morgan fingerprint density at radius 3 is 2.81 bits per heavy atom. The Morgan fingerprint density at radius 2 is 2.23 bits per heavy atom. The van der Waals surface area contributed by atoms with Gasteiger partial charge in [0.2, 0.25) is 6.04 Å². The number of hydrogen-bond donors (Lipinski definition) is 3. The summed E-state index contributed by atoms with van der Waals surface area (Å²) in [6.45, 7) is 0. The van der Waals surface area contributed by atoms with Crippen LogP contribution in [0.3, 0.4) is 0 Å². The standard InChI is InChI=1S/C15H12ClN7O5S3/c16-14-18-6(3-29-14)30-5-2-1-4-7(12(25)23(4)9(5)13(26)27)19-11(24)8(21-28)10-20-15(17)31-22-10/h3-4,7-8H,1-2H2,(H,19,24)(H,26,27)(H2,17,20,22). The van der Waals surface area contributed by atoms with Crippen LogP contribution in [0.4, 0.5) is 5.13 Å². The lowest BCUT2D eigenvalue weighted by Crippen LogP contribution is -2.71. The molecule has 0 aromatic carbocycles. The second-order valence-electron chi connectivity index (χ2n) is 6.42. The highest BCUT2D eigenvalue weighted by Crippen LogP contribution is 2.43. The zero-order valence-electron chi connectivity index (χ0n) is 15.2. The Balaban J connectivity index is 1.51. The predicted octanol–water partition coefficient (Wildman–Crippen LogP) is 1.62. The van der Waals surface area contributed by atoms with Crippen molar-refractivity contribution >= 4 is 69.1 Å². The minimum absolute atomic E-state index is 0.0669. The molecule has 0 radical (unpaired) electrons. The average Bonchev–Trinajstić information content (AvgIpc) is 3.34. The number of amides is 2. The van der Waals surface area contributed by atoms with Gasteiger partial charge < -0.3 is 16.2 Å². The van der Waals surface area contributed by atoms with E-state index in [1.165, 1.54) is 11.3 Å². The molecule has 0 saturated carbocycles. The molecule has 2 aromatic heterocycles. The van der Waals surface area contributed by atoms with Crippen LogP contribution >= 0.6 is 46.2 Å². The van der Waals surface area contributed by atoms with E-state index >= 15 is 0 Å². The molecule has 3 unspecified atom stereocenters. The number of nitrogens with one attached hydrogen (secondary N) is 1. The van der Waals surface area contributed by atoms with Crippen molar-refractivity contribution in [3.05, 3.63) is 31.2 Å². The minimum atomic E-state index is -1.56. The molecule has 3 atom stereocenters. The number of allylic oxidation sites excluding steroid dienone is 1. The van der Waals surface area contributed by atoms with Gasteiger partial charge in [-0.1, -0.05) is 23.4 Å². The summed E-state index contributed by atoms with van der Waals surface area (Å²) in [5.74, 6) is -2.88. The van der Waals surface area contributed by atoms with E-state index in [2.05, 4.69) is 24.8 Å². The first-order valence-electron chi connectivity index (χ1n) is 8.60. The first kappa shape index (κ1) is 21.6. The lowest BCUT2D eigenvalue weighted by atomic mass is 9.86. The van der Waals surface area contributed by atoms with Gasteiger partial charge in [-0.2, -0.15) is 4.37 Å². The predicted molar refractivity (Wildman–Crippen MR) is 112 cm³/mol. The maximum atomic E-state index is 12.7. The van der Waals surface area contributed by atoms with Gasteiger partial charge in [0, 0.05) is 21.8 Å². The summed E-state index contributed by atoms with van der Waals surface area (Å²) >= 11 is 8.98. The fourth-order valence-corrected chi connectivity index (χ4v) is 5.77. The van der Waals surface area contributed by atoms with Gasteiger partial charge in [0.05, 0.1) is 6.04 Å². The monoisotopic (exact) mass is 501 g/mol. The summed E-state index contributed by atoms with van der Waals surface area (Å²) in [6.07, 6.45) is 0.774. The smallest absolute Gasteiger partial charge is 0.353 e. The Labute approximate surface area is 191 Å². The van der Waals surface area contributed by atoms with Crippen molar-refractivity contribution < 1.29 is 19.5 Å². The van der Waals surface area contributed by atoms with Crippen LogP contribution in [0.25, 0.3) is 0 Å². The highest BCUT2D eigenvalue weighted by molar-refractivity contribution is 8.03. The fraction of sp³-hybridized carbons (Fsp3) is 0.333. The highest BCUT2D eigenvalue weighted by atomic mass is 35.5. The normalized spacial score (nSPS) is 21.3. The van der Waals surface area contributed by atoms with Gasteiger partial charge in [0.25, 0.3) is 11.8 Å². The van der Waals surface area contributed by atoms with Gasteiger partial charge in [-0.15, -0.1) is 16.2 Å². The molecular formula is C15H12ClN7O5S3. The molecule has 0 bridgehead atoms. The number of aromatic nitrogens is 3. The van der Waals surface area contributed by atoms with Crippen LogP contribution < -0.4 is 11.1 Å². The highest BCUT2D eigenvalue weighted by Gasteiger charge is 2.54. The molecule has 2 amide bonds. The zero-order valence-corrected chi connectivity index (χ0v) is 18.4. The largest absolute Gasteiger partial charge is 0.477 e. The van der Waals surface area contributed by atoms with E-state index in [9.17, 15) is 24.4 Å². The van der Waals surface area contributed by atoms with Crippen LogP contribution in [0.1, 0.15) is 24.7 Å². The van der Waals surface area contributed by atoms with E-state index in [1.54, 1.807) is 5.38 Å². The first-order chi connectivity index (χ1) is 14.8. The van der Waals surface area contributed by atoms with Crippen LogP contribution in [0.5, 0.6) is 0 Å². The number of β-lactam (4-membered cyclic amide) rings is 1. The number of aliphatic carboxylic acids is 1. The molecule has 1 saturated heterocycles. The third-order valence-electron chi connectivity index (χ3n) is 4.63. The number of nitrogens with two attached hydrogens (primary N) is 1. The fourth-order valence-electron chi connectivity index (χ4n) is 3.34. The average molecular weight is 502 g/mol. The number of halogens is 1. The van der Waals surface area contributed by atoms with Crippen LogP contribution in [0.2, 0.25) is 4.47 Å². The van der Waals surface area contributed by atoms with Crippen LogP contribution in [-0.2, 0) is 14.4 Å². The molecule has 4 heterocycles. The quantitative estimate of drug-likeness (QED) is 0.372. The van der Waals surface area contributed by atoms with Gasteiger partial charge in [-0.25, -0.2) is 14.8 Å². The Kier molecular flexibility index (Phi) is 5.92. The number of rotatable bonds is 7. The number of carboxylic acid groups (broad SMARTS) is 1. The number of nitrogens with zero attached hydrogens (tertiary/aromatic N) is 5. The van der Waals surface area contributed by atoms with Crippen molar-refractivity contribution in [2.75, 3.05) is 5.73 Å². The lowest BCUT2D eigenvalue weighted by Gasteiger charge is -2.50. The topological polar surface area (TPSA) is 181 Å². The second-order valence-corrected chi connectivity index (χ2v) is 9.76. The van der Waals surface area contributed by atoms with Crippen molar-refractivity contribution in [2.24, 2.45) is 5.18 Å². The Hall–Kier alpha value is -2.62. The zero-order chi connectivity index (χ0) is 22.3. The first-order valence-corrected chi connectivity index (χ1v) is 11.4. The molecule has 2 aliphatic rings. The van der Waals surface area contributed by atoms with Crippen molar-refractivity contribution in [3.63, 3.8) is 0 Å². The van der Waals surface area contributed by atoms with Crippen LogP contribution in [0, 0.1) is 4.91 Å². The lowest BCUT2D eigenvalue weighted by molar-refractivity contribution is -0.156. The van der Waals surface area contributed by atoms with Gasteiger partial charge >= 0.3 is 5.97 Å². The Morgan fingerprint density at radius 1 is 1.45 bits per heavy atom. The summed E-state index contributed by atoms with van der Waals surface area (Å²) in [5.41, 5.74) is 5.31. The number of hydrogen-bond acceptors (Lipinski definition) is 12. The van der Waals surface area contributed by atoms with Crippen molar-refractivity contribution in [1.82, 2.24) is 24.6 Å². The summed E-state index contributed by atoms with van der Waals surface area (Å²) in [4.78, 5) is 57.7. The summed E-state index contributed by atoms with van der Waals surface area (Å²) in [6, 6.07) is -3.11. The minimum Gasteiger partial charge on any atom is -0.477 e. The van der Waals surface area contributed by atoms with E-state index < -0.39 is 35.9 Å². The molecule has 2 aliphatic heterocycles. The van der Waals surface area contributed by atoms with E-state index in [-0.39, 0.29) is 16.7 Å². The van der Waals surface area contributed by atoms with Crippen molar-refractivity contribution in [2.45, 2.75) is 36.0 Å². The molecule has 31 heavy (non-hydrogen) atoms. The van der Waals surface area contributed by atoms with Crippen molar-refractivity contribution in [3.8, 4) is 0 Å². The van der Waals surface area contributed by atoms with Crippen molar-refractivity contribution in [1.29, 1.82) is 0 Å². The Bertz CT molecular complexity index is 1120. The number of nitroso groups, excluding NO2 is 1. The molecule has 1 fully saturated rings. The summed E-state index contributed by atoms with van der Waals surface area (Å²) in [7, 11) is 0. The number of carbonyl (C=O) groups excluding carboxylic acids is 2. The number of carboxylic acids is 1. The third kappa shape index (κ3) is 4.00. The summed E-state index contributed by atoms with van der Waals surface area (Å²) in [5, 5.41) is 17.2. The molecule has 4 N–H and O–H groups in total. The molecule has 4 rings (SSSR count). The number of thioether (sulfide) groups is 1. The maximum Gasteiger partial charge on any atom is 0.353 e. The van der Waals surface area contributed by atoms with Gasteiger partial charge in [-0.05, 0) is 18.0 Å².